The third-order valence-corrected chi connectivity index (χ3v) is 4.90. The molecular weight excluding hydrogens is 328 g/mol. The van der Waals surface area contributed by atoms with E-state index in [2.05, 4.69) is 46.5 Å². The molecule has 134 valence electrons. The first-order valence-corrected chi connectivity index (χ1v) is 8.79. The number of nitrogens with one attached hydrogen (secondary N) is 1. The van der Waals surface area contributed by atoms with Crippen LogP contribution in [0.5, 0.6) is 0 Å². The van der Waals surface area contributed by atoms with Gasteiger partial charge in [0.2, 0.25) is 0 Å². The number of hydrogen-bond acceptors (Lipinski definition) is 4. The van der Waals surface area contributed by atoms with Crippen LogP contribution in [0.4, 0.5) is 0 Å². The lowest BCUT2D eigenvalue weighted by atomic mass is 9.94. The summed E-state index contributed by atoms with van der Waals surface area (Å²) in [6.07, 6.45) is 6.24. The third-order valence-electron chi connectivity index (χ3n) is 4.90. The molecule has 0 aliphatic carbocycles. The predicted octanol–water partition coefficient (Wildman–Crippen LogP) is 2.31. The van der Waals surface area contributed by atoms with E-state index in [1.54, 1.807) is 18.6 Å². The molecule has 0 spiro atoms. The molecule has 3 heterocycles. The van der Waals surface area contributed by atoms with Gasteiger partial charge in [0.25, 0.3) is 5.91 Å². The van der Waals surface area contributed by atoms with Crippen molar-refractivity contribution in [3.05, 3.63) is 77.8 Å². The Labute approximate surface area is 152 Å². The van der Waals surface area contributed by atoms with Crippen molar-refractivity contribution in [1.82, 2.24) is 19.8 Å². The summed E-state index contributed by atoms with van der Waals surface area (Å²) in [6.45, 7) is 2.07. The maximum absolute atomic E-state index is 12.4. The molecule has 4 rings (SSSR count). The number of hydrogen-bond donors (Lipinski definition) is 1. The fourth-order valence-corrected chi connectivity index (χ4v) is 3.39. The van der Waals surface area contributed by atoms with Crippen LogP contribution in [-0.2, 0) is 19.5 Å². The molecule has 1 aliphatic heterocycles. The van der Waals surface area contributed by atoms with Crippen molar-refractivity contribution in [1.29, 1.82) is 0 Å². The molecule has 6 nitrogen and oxygen atoms in total. The number of furan rings is 1. The standard InChI is InChI=1S/C20H22N4O2/c1-23-12-16-5-3-2-4-15(16)10-17(23)11-22-20(25)19-7-6-18(26-19)13-24-9-8-21-14-24/h2-9,14,17H,10-13H2,1H3,(H,22,25)/t17-/m0/s1. The maximum Gasteiger partial charge on any atom is 0.287 e. The average molecular weight is 350 g/mol. The highest BCUT2D eigenvalue weighted by Gasteiger charge is 2.24. The second-order valence-corrected chi connectivity index (χ2v) is 6.75. The zero-order chi connectivity index (χ0) is 17.9. The van der Waals surface area contributed by atoms with Crippen LogP contribution in [-0.4, -0.2) is 40.0 Å². The molecule has 0 unspecified atom stereocenters. The lowest BCUT2D eigenvalue weighted by Crippen LogP contribution is -2.45. The molecule has 0 saturated heterocycles. The Hall–Kier alpha value is -2.86. The first kappa shape index (κ1) is 16.6. The van der Waals surface area contributed by atoms with Gasteiger partial charge in [-0.05, 0) is 36.7 Å². The molecule has 2 aromatic heterocycles. The molecule has 0 saturated carbocycles. The van der Waals surface area contributed by atoms with Gasteiger partial charge in [0.05, 0.1) is 12.9 Å². The van der Waals surface area contributed by atoms with Gasteiger partial charge in [-0.2, -0.15) is 0 Å². The van der Waals surface area contributed by atoms with Gasteiger partial charge in [0.15, 0.2) is 5.76 Å². The number of amides is 1. The zero-order valence-corrected chi connectivity index (χ0v) is 14.8. The van der Waals surface area contributed by atoms with Gasteiger partial charge in [0.1, 0.15) is 5.76 Å². The molecular formula is C20H22N4O2. The molecule has 26 heavy (non-hydrogen) atoms. The van der Waals surface area contributed by atoms with Crippen molar-refractivity contribution in [2.45, 2.75) is 25.6 Å². The molecule has 1 N–H and O–H groups in total. The van der Waals surface area contributed by atoms with Crippen LogP contribution in [0, 0.1) is 0 Å². The summed E-state index contributed by atoms with van der Waals surface area (Å²) in [6, 6.07) is 12.3. The number of benzene rings is 1. The minimum absolute atomic E-state index is 0.172. The van der Waals surface area contributed by atoms with Gasteiger partial charge in [-0.3, -0.25) is 9.69 Å². The van der Waals surface area contributed by atoms with Crippen molar-refractivity contribution >= 4 is 5.91 Å². The Morgan fingerprint density at radius 3 is 2.92 bits per heavy atom. The Bertz CT molecular complexity index is 885. The molecule has 0 bridgehead atoms. The summed E-state index contributed by atoms with van der Waals surface area (Å²) in [5.41, 5.74) is 2.73. The van der Waals surface area contributed by atoms with Crippen LogP contribution < -0.4 is 5.32 Å². The van der Waals surface area contributed by atoms with Crippen LogP contribution in [0.15, 0.2) is 59.5 Å². The number of aromatic nitrogens is 2. The van der Waals surface area contributed by atoms with Crippen molar-refractivity contribution in [3.63, 3.8) is 0 Å². The number of carbonyl (C=O) groups is 1. The van der Waals surface area contributed by atoms with Crippen molar-refractivity contribution < 1.29 is 9.21 Å². The first-order chi connectivity index (χ1) is 12.7. The zero-order valence-electron chi connectivity index (χ0n) is 14.8. The minimum Gasteiger partial charge on any atom is -0.454 e. The van der Waals surface area contributed by atoms with Gasteiger partial charge in [0, 0.05) is 31.5 Å². The van der Waals surface area contributed by atoms with E-state index in [9.17, 15) is 4.79 Å². The van der Waals surface area contributed by atoms with Crippen LogP contribution >= 0.6 is 0 Å². The highest BCUT2D eigenvalue weighted by atomic mass is 16.4. The number of fused-ring (bicyclic) bond motifs is 1. The topological polar surface area (TPSA) is 63.3 Å². The lowest BCUT2D eigenvalue weighted by molar-refractivity contribution is 0.0905. The number of rotatable bonds is 5. The van der Waals surface area contributed by atoms with Crippen molar-refractivity contribution in [2.24, 2.45) is 0 Å². The fraction of sp³-hybridized carbons (Fsp3) is 0.300. The normalized spacial score (nSPS) is 17.0. The van der Waals surface area contributed by atoms with Crippen LogP contribution in [0.3, 0.4) is 0 Å². The largest absolute Gasteiger partial charge is 0.454 e. The Balaban J connectivity index is 1.35. The van der Waals surface area contributed by atoms with Gasteiger partial charge < -0.3 is 14.3 Å². The van der Waals surface area contributed by atoms with Gasteiger partial charge >= 0.3 is 0 Å². The van der Waals surface area contributed by atoms with Crippen LogP contribution in [0.1, 0.15) is 27.4 Å². The predicted molar refractivity (Wildman–Crippen MR) is 97.8 cm³/mol. The number of imidazole rings is 1. The smallest absolute Gasteiger partial charge is 0.287 e. The second kappa shape index (κ2) is 7.17. The maximum atomic E-state index is 12.4. The van der Waals surface area contributed by atoms with Crippen molar-refractivity contribution in [3.8, 4) is 0 Å². The van der Waals surface area contributed by atoms with E-state index in [4.69, 9.17) is 4.42 Å². The summed E-state index contributed by atoms with van der Waals surface area (Å²) < 4.78 is 7.57. The van der Waals surface area contributed by atoms with Crippen molar-refractivity contribution in [2.75, 3.05) is 13.6 Å². The number of nitrogens with zero attached hydrogens (tertiary/aromatic N) is 3. The summed E-state index contributed by atoms with van der Waals surface area (Å²) >= 11 is 0. The van der Waals surface area contributed by atoms with E-state index in [1.807, 2.05) is 16.8 Å². The molecule has 1 amide bonds. The van der Waals surface area contributed by atoms with E-state index < -0.39 is 0 Å². The molecule has 0 radical (unpaired) electrons. The third kappa shape index (κ3) is 3.55. The Morgan fingerprint density at radius 1 is 1.27 bits per heavy atom. The van der Waals surface area contributed by atoms with Gasteiger partial charge in [-0.15, -0.1) is 0 Å². The second-order valence-electron chi connectivity index (χ2n) is 6.75. The fourth-order valence-electron chi connectivity index (χ4n) is 3.39. The van der Waals surface area contributed by atoms with Crippen LogP contribution in [0.25, 0.3) is 0 Å². The first-order valence-electron chi connectivity index (χ1n) is 8.79. The summed E-state index contributed by atoms with van der Waals surface area (Å²) in [5, 5.41) is 3.01. The molecule has 1 aliphatic rings. The van der Waals surface area contributed by atoms with E-state index in [0.717, 1.165) is 18.7 Å². The Kier molecular flexibility index (Phi) is 4.58. The number of carbonyl (C=O) groups excluding carboxylic acids is 1. The molecule has 3 aromatic rings. The summed E-state index contributed by atoms with van der Waals surface area (Å²) in [4.78, 5) is 18.7. The van der Waals surface area contributed by atoms with E-state index >= 15 is 0 Å². The summed E-state index contributed by atoms with van der Waals surface area (Å²) in [5.74, 6) is 0.907. The quantitative estimate of drug-likeness (QED) is 0.767. The monoisotopic (exact) mass is 350 g/mol. The highest BCUT2D eigenvalue weighted by Crippen LogP contribution is 2.21. The minimum atomic E-state index is -0.172. The van der Waals surface area contributed by atoms with Crippen LogP contribution in [0.2, 0.25) is 0 Å². The van der Waals surface area contributed by atoms with E-state index in [0.29, 0.717) is 18.8 Å². The molecule has 6 heteroatoms. The Morgan fingerprint density at radius 2 is 2.12 bits per heavy atom. The average Bonchev–Trinajstić information content (AvgIpc) is 3.32. The highest BCUT2D eigenvalue weighted by molar-refractivity contribution is 5.91. The molecule has 1 atom stereocenters. The lowest BCUT2D eigenvalue weighted by Gasteiger charge is -2.34. The summed E-state index contributed by atoms with van der Waals surface area (Å²) in [7, 11) is 2.10. The van der Waals surface area contributed by atoms with Gasteiger partial charge in [-0.25, -0.2) is 4.98 Å². The van der Waals surface area contributed by atoms with E-state index in [1.165, 1.54) is 11.1 Å². The SMILES string of the molecule is CN1Cc2ccccc2C[C@H]1CNC(=O)c1ccc(Cn2ccnc2)o1. The van der Waals surface area contributed by atoms with E-state index in [-0.39, 0.29) is 11.9 Å². The van der Waals surface area contributed by atoms with Gasteiger partial charge in [-0.1, -0.05) is 24.3 Å². The molecule has 1 aromatic carbocycles. The molecule has 0 fully saturated rings. The number of likely N-dealkylation sites (N-methyl/N-ethyl adjacent to an activating group) is 1.